The van der Waals surface area contributed by atoms with E-state index in [0.29, 0.717) is 19.6 Å². The molecule has 0 unspecified atom stereocenters. The second kappa shape index (κ2) is 4.07. The van der Waals surface area contributed by atoms with Crippen LogP contribution < -0.4 is 0 Å². The third-order valence-electron chi connectivity index (χ3n) is 3.33. The van der Waals surface area contributed by atoms with E-state index >= 15 is 0 Å². The summed E-state index contributed by atoms with van der Waals surface area (Å²) in [5.74, 6) is 0. The maximum atomic E-state index is 12.5. The first-order valence-corrected chi connectivity index (χ1v) is 7.54. The fourth-order valence-electron chi connectivity index (χ4n) is 2.44. The van der Waals surface area contributed by atoms with Crippen molar-refractivity contribution in [1.82, 2.24) is 13.9 Å². The van der Waals surface area contributed by atoms with Gasteiger partial charge in [0.2, 0.25) is 5.16 Å². The van der Waals surface area contributed by atoms with Gasteiger partial charge in [0, 0.05) is 19.6 Å². The third kappa shape index (κ3) is 1.56. The van der Waals surface area contributed by atoms with Gasteiger partial charge in [-0.15, -0.1) is 0 Å². The van der Waals surface area contributed by atoms with E-state index in [1.807, 2.05) is 35.8 Å². The lowest BCUT2D eigenvalue weighted by molar-refractivity contribution is 0.425. The molecule has 1 aliphatic rings. The van der Waals surface area contributed by atoms with E-state index in [2.05, 4.69) is 4.98 Å². The number of hydrogen-bond acceptors (Lipinski definition) is 3. The summed E-state index contributed by atoms with van der Waals surface area (Å²) in [6.07, 6.45) is 0.820. The van der Waals surface area contributed by atoms with Crippen molar-refractivity contribution in [2.45, 2.75) is 25.0 Å². The first-order chi connectivity index (χ1) is 8.64. The van der Waals surface area contributed by atoms with E-state index in [-0.39, 0.29) is 5.16 Å². The van der Waals surface area contributed by atoms with Gasteiger partial charge >= 0.3 is 0 Å². The van der Waals surface area contributed by atoms with Gasteiger partial charge in [-0.3, -0.25) is 0 Å². The van der Waals surface area contributed by atoms with E-state index < -0.39 is 10.0 Å². The Morgan fingerprint density at radius 1 is 1.28 bits per heavy atom. The Morgan fingerprint density at radius 2 is 2.06 bits per heavy atom. The molecule has 18 heavy (non-hydrogen) atoms. The summed E-state index contributed by atoms with van der Waals surface area (Å²) in [4.78, 5) is 4.30. The molecule has 0 amide bonds. The topological polar surface area (TPSA) is 55.2 Å². The van der Waals surface area contributed by atoms with Crippen LogP contribution in [-0.4, -0.2) is 35.4 Å². The molecule has 3 rings (SSSR count). The highest BCUT2D eigenvalue weighted by molar-refractivity contribution is 7.89. The number of benzene rings is 1. The summed E-state index contributed by atoms with van der Waals surface area (Å²) >= 11 is 0. The predicted octanol–water partition coefficient (Wildman–Crippen LogP) is 1.45. The van der Waals surface area contributed by atoms with Crippen molar-refractivity contribution in [3.63, 3.8) is 0 Å². The Labute approximate surface area is 106 Å². The van der Waals surface area contributed by atoms with Gasteiger partial charge in [0.25, 0.3) is 10.0 Å². The highest BCUT2D eigenvalue weighted by atomic mass is 32.2. The van der Waals surface area contributed by atoms with Crippen LogP contribution in [0.1, 0.15) is 13.3 Å². The molecule has 1 aromatic heterocycles. The molecule has 2 aromatic rings. The van der Waals surface area contributed by atoms with Crippen molar-refractivity contribution in [1.29, 1.82) is 0 Å². The molecule has 0 aliphatic carbocycles. The highest BCUT2D eigenvalue weighted by Gasteiger charge is 2.31. The van der Waals surface area contributed by atoms with Gasteiger partial charge in [-0.05, 0) is 18.6 Å². The molecule has 0 radical (unpaired) electrons. The second-order valence-corrected chi connectivity index (χ2v) is 6.22. The average molecular weight is 265 g/mol. The van der Waals surface area contributed by atoms with E-state index in [1.54, 1.807) is 0 Å². The molecule has 1 aliphatic heterocycles. The minimum atomic E-state index is -3.45. The van der Waals surface area contributed by atoms with Crippen molar-refractivity contribution in [3.8, 4) is 0 Å². The van der Waals surface area contributed by atoms with Gasteiger partial charge in [-0.1, -0.05) is 19.1 Å². The van der Waals surface area contributed by atoms with Crippen LogP contribution in [0.5, 0.6) is 0 Å². The van der Waals surface area contributed by atoms with Gasteiger partial charge in [0.15, 0.2) is 0 Å². The maximum absolute atomic E-state index is 12.5. The number of aryl methyl sites for hydroxylation is 1. The first kappa shape index (κ1) is 11.7. The largest absolute Gasteiger partial charge is 0.314 e. The maximum Gasteiger partial charge on any atom is 0.277 e. The monoisotopic (exact) mass is 265 g/mol. The Balaban J connectivity index is 2.31. The molecule has 0 saturated heterocycles. The van der Waals surface area contributed by atoms with Crippen molar-refractivity contribution in [3.05, 3.63) is 24.3 Å². The molecule has 6 heteroatoms. The summed E-state index contributed by atoms with van der Waals surface area (Å²) in [6.45, 7) is 3.61. The molecule has 5 nitrogen and oxygen atoms in total. The number of rotatable bonds is 1. The summed E-state index contributed by atoms with van der Waals surface area (Å²) in [5.41, 5.74) is 1.64. The number of aromatic nitrogens is 2. The normalized spacial score (nSPS) is 19.6. The van der Waals surface area contributed by atoms with Gasteiger partial charge in [0.1, 0.15) is 0 Å². The Kier molecular flexibility index (Phi) is 2.64. The summed E-state index contributed by atoms with van der Waals surface area (Å²) in [7, 11) is -3.45. The smallest absolute Gasteiger partial charge is 0.277 e. The summed E-state index contributed by atoms with van der Waals surface area (Å²) in [6, 6.07) is 7.55. The number of para-hydroxylation sites is 2. The van der Waals surface area contributed by atoms with Crippen molar-refractivity contribution >= 4 is 21.1 Å². The molecule has 96 valence electrons. The van der Waals surface area contributed by atoms with E-state index in [1.165, 1.54) is 4.31 Å². The van der Waals surface area contributed by atoms with Crippen LogP contribution in [0.25, 0.3) is 11.0 Å². The molecule has 0 spiro atoms. The Bertz CT molecular complexity index is 690. The van der Waals surface area contributed by atoms with Gasteiger partial charge in [-0.25, -0.2) is 13.4 Å². The molecule has 0 bridgehead atoms. The average Bonchev–Trinajstić information content (AvgIpc) is 2.68. The number of sulfonamides is 1. The summed E-state index contributed by atoms with van der Waals surface area (Å²) < 4.78 is 28.3. The lowest BCUT2D eigenvalue weighted by Crippen LogP contribution is -2.31. The van der Waals surface area contributed by atoms with Crippen LogP contribution in [0, 0.1) is 0 Å². The third-order valence-corrected chi connectivity index (χ3v) is 5.23. The van der Waals surface area contributed by atoms with Crippen molar-refractivity contribution in [2.75, 3.05) is 13.1 Å². The fraction of sp³-hybridized carbons (Fsp3) is 0.417. The minimum absolute atomic E-state index is 0.183. The standard InChI is InChI=1S/C12H15N3O2S/c1-2-14-8-5-9-15-11-7-4-3-6-10(11)13-12(15)18(14,16)17/h3-4,6-7H,2,5,8-9H2,1H3. The van der Waals surface area contributed by atoms with E-state index in [0.717, 1.165) is 17.5 Å². The zero-order valence-electron chi connectivity index (χ0n) is 10.2. The van der Waals surface area contributed by atoms with Crippen molar-refractivity contribution < 1.29 is 8.42 Å². The van der Waals surface area contributed by atoms with Gasteiger partial charge < -0.3 is 4.57 Å². The highest BCUT2D eigenvalue weighted by Crippen LogP contribution is 2.25. The molecule has 1 aromatic carbocycles. The summed E-state index contributed by atoms with van der Waals surface area (Å²) in [5, 5.41) is 0.183. The van der Waals surface area contributed by atoms with Crippen LogP contribution in [0.15, 0.2) is 29.4 Å². The quantitative estimate of drug-likeness (QED) is 0.784. The second-order valence-electron chi connectivity index (χ2n) is 4.38. The number of hydrogen-bond donors (Lipinski definition) is 0. The van der Waals surface area contributed by atoms with Crippen LogP contribution in [0.3, 0.4) is 0 Å². The SMILES string of the molecule is CCN1CCCn2c(nc3ccccc32)S1(=O)=O. The Hall–Kier alpha value is -1.40. The first-order valence-electron chi connectivity index (χ1n) is 6.10. The predicted molar refractivity (Wildman–Crippen MR) is 68.8 cm³/mol. The molecule has 2 heterocycles. The van der Waals surface area contributed by atoms with Crippen LogP contribution in [-0.2, 0) is 16.6 Å². The molecular formula is C12H15N3O2S. The lowest BCUT2D eigenvalue weighted by atomic mass is 10.3. The van der Waals surface area contributed by atoms with Gasteiger partial charge in [-0.2, -0.15) is 4.31 Å². The lowest BCUT2D eigenvalue weighted by Gasteiger charge is -2.15. The molecular weight excluding hydrogens is 250 g/mol. The number of nitrogens with zero attached hydrogens (tertiary/aromatic N) is 3. The molecule has 0 atom stereocenters. The number of imidazole rings is 1. The van der Waals surface area contributed by atoms with E-state index in [9.17, 15) is 8.42 Å². The molecule has 0 saturated carbocycles. The van der Waals surface area contributed by atoms with E-state index in [4.69, 9.17) is 0 Å². The van der Waals surface area contributed by atoms with Crippen LogP contribution in [0.4, 0.5) is 0 Å². The number of fused-ring (bicyclic) bond motifs is 3. The zero-order valence-corrected chi connectivity index (χ0v) is 11.0. The molecule has 0 fully saturated rings. The van der Waals surface area contributed by atoms with Crippen LogP contribution in [0.2, 0.25) is 0 Å². The van der Waals surface area contributed by atoms with Crippen molar-refractivity contribution in [2.24, 2.45) is 0 Å². The Morgan fingerprint density at radius 3 is 2.83 bits per heavy atom. The fourth-order valence-corrected chi connectivity index (χ4v) is 4.06. The minimum Gasteiger partial charge on any atom is -0.314 e. The zero-order chi connectivity index (χ0) is 12.8. The molecule has 0 N–H and O–H groups in total. The van der Waals surface area contributed by atoms with Crippen LogP contribution >= 0.6 is 0 Å². The van der Waals surface area contributed by atoms with Gasteiger partial charge in [0.05, 0.1) is 11.0 Å².